The first-order valence-corrected chi connectivity index (χ1v) is 8.68. The van der Waals surface area contributed by atoms with Crippen molar-refractivity contribution in [1.29, 1.82) is 0 Å². The van der Waals surface area contributed by atoms with Gasteiger partial charge in [-0.3, -0.25) is 10.1 Å². The maximum Gasteiger partial charge on any atom is 0.257 e. The van der Waals surface area contributed by atoms with Crippen LogP contribution in [0, 0.1) is 6.92 Å². The van der Waals surface area contributed by atoms with Crippen LogP contribution in [-0.4, -0.2) is 10.9 Å². The number of benzene rings is 2. The van der Waals surface area contributed by atoms with Crippen LogP contribution in [0.5, 0.6) is 0 Å². The molecule has 6 heteroatoms. The molecule has 0 atom stereocenters. The lowest BCUT2D eigenvalue weighted by Crippen LogP contribution is -2.11. The topological polar surface area (TPSA) is 54.0 Å². The second-order valence-electron chi connectivity index (χ2n) is 5.27. The monoisotopic (exact) mass is 357 g/mol. The SMILES string of the molecule is Cc1csc(NC(=O)c2ccc(NCc3ccccc3Cl)cc2)n1. The van der Waals surface area contributed by atoms with Crippen molar-refractivity contribution in [2.75, 3.05) is 10.6 Å². The first kappa shape index (κ1) is 16.5. The van der Waals surface area contributed by atoms with Crippen LogP contribution in [0.15, 0.2) is 53.9 Å². The molecule has 0 bridgehead atoms. The van der Waals surface area contributed by atoms with E-state index in [4.69, 9.17) is 11.6 Å². The van der Waals surface area contributed by atoms with E-state index in [1.807, 2.05) is 48.7 Å². The van der Waals surface area contributed by atoms with Gasteiger partial charge in [0, 0.05) is 28.2 Å². The highest BCUT2D eigenvalue weighted by Crippen LogP contribution is 2.19. The zero-order valence-corrected chi connectivity index (χ0v) is 14.6. The van der Waals surface area contributed by atoms with E-state index in [1.54, 1.807) is 12.1 Å². The van der Waals surface area contributed by atoms with Gasteiger partial charge in [0.1, 0.15) is 0 Å². The van der Waals surface area contributed by atoms with Crippen molar-refractivity contribution in [3.63, 3.8) is 0 Å². The van der Waals surface area contributed by atoms with E-state index in [0.717, 1.165) is 22.0 Å². The van der Waals surface area contributed by atoms with Gasteiger partial charge in [0.15, 0.2) is 5.13 Å². The smallest absolute Gasteiger partial charge is 0.257 e. The van der Waals surface area contributed by atoms with Gasteiger partial charge in [-0.15, -0.1) is 11.3 Å². The van der Waals surface area contributed by atoms with Crippen LogP contribution in [0.25, 0.3) is 0 Å². The molecule has 2 N–H and O–H groups in total. The Labute approximate surface area is 149 Å². The summed E-state index contributed by atoms with van der Waals surface area (Å²) in [6.45, 7) is 2.52. The Balaban J connectivity index is 1.60. The van der Waals surface area contributed by atoms with Crippen molar-refractivity contribution < 1.29 is 4.79 Å². The van der Waals surface area contributed by atoms with Crippen LogP contribution in [0.2, 0.25) is 5.02 Å². The van der Waals surface area contributed by atoms with E-state index in [9.17, 15) is 4.79 Å². The Morgan fingerprint density at radius 3 is 2.58 bits per heavy atom. The van der Waals surface area contributed by atoms with Gasteiger partial charge in [0.25, 0.3) is 5.91 Å². The Morgan fingerprint density at radius 2 is 1.92 bits per heavy atom. The second kappa shape index (κ2) is 7.47. The molecule has 4 nitrogen and oxygen atoms in total. The molecule has 2 aromatic carbocycles. The average Bonchev–Trinajstić information content (AvgIpc) is 2.99. The van der Waals surface area contributed by atoms with E-state index >= 15 is 0 Å². The summed E-state index contributed by atoms with van der Waals surface area (Å²) < 4.78 is 0. The number of amides is 1. The van der Waals surface area contributed by atoms with Gasteiger partial charge in [-0.2, -0.15) is 0 Å². The second-order valence-corrected chi connectivity index (χ2v) is 6.54. The molecule has 3 aromatic rings. The van der Waals surface area contributed by atoms with Gasteiger partial charge < -0.3 is 5.32 Å². The summed E-state index contributed by atoms with van der Waals surface area (Å²) in [7, 11) is 0. The molecule has 122 valence electrons. The number of hydrogen-bond donors (Lipinski definition) is 2. The molecule has 0 aliphatic carbocycles. The van der Waals surface area contributed by atoms with Crippen LogP contribution in [0.4, 0.5) is 10.8 Å². The standard InChI is InChI=1S/C18H16ClN3OS/c1-12-11-24-18(21-12)22-17(23)13-6-8-15(9-7-13)20-10-14-4-2-3-5-16(14)19/h2-9,11,20H,10H2,1H3,(H,21,22,23). The highest BCUT2D eigenvalue weighted by atomic mass is 35.5. The van der Waals surface area contributed by atoms with Crippen LogP contribution >= 0.6 is 22.9 Å². The van der Waals surface area contributed by atoms with Crippen LogP contribution in [-0.2, 0) is 6.54 Å². The van der Waals surface area contributed by atoms with E-state index in [0.29, 0.717) is 17.2 Å². The number of carbonyl (C=O) groups is 1. The summed E-state index contributed by atoms with van der Waals surface area (Å²) in [6.07, 6.45) is 0. The lowest BCUT2D eigenvalue weighted by Gasteiger charge is -2.09. The first-order valence-electron chi connectivity index (χ1n) is 7.42. The molecule has 0 aliphatic heterocycles. The predicted molar refractivity (Wildman–Crippen MR) is 100 cm³/mol. The fourth-order valence-electron chi connectivity index (χ4n) is 2.16. The number of aromatic nitrogens is 1. The van der Waals surface area contributed by atoms with E-state index < -0.39 is 0 Å². The van der Waals surface area contributed by atoms with Crippen molar-refractivity contribution in [3.8, 4) is 0 Å². The average molecular weight is 358 g/mol. The van der Waals surface area contributed by atoms with Gasteiger partial charge in [-0.1, -0.05) is 29.8 Å². The molecular formula is C18H16ClN3OS. The molecule has 0 unspecified atom stereocenters. The van der Waals surface area contributed by atoms with E-state index in [-0.39, 0.29) is 5.91 Å². The molecule has 0 radical (unpaired) electrons. The summed E-state index contributed by atoms with van der Waals surface area (Å²) in [6, 6.07) is 15.0. The predicted octanol–water partition coefficient (Wildman–Crippen LogP) is 4.97. The molecular weight excluding hydrogens is 342 g/mol. The molecule has 3 rings (SSSR count). The normalized spacial score (nSPS) is 10.4. The van der Waals surface area contributed by atoms with Gasteiger partial charge in [0.2, 0.25) is 0 Å². The van der Waals surface area contributed by atoms with Gasteiger partial charge in [0.05, 0.1) is 5.69 Å². The molecule has 24 heavy (non-hydrogen) atoms. The van der Waals surface area contributed by atoms with Crippen molar-refractivity contribution >= 4 is 39.7 Å². The number of nitrogens with zero attached hydrogens (tertiary/aromatic N) is 1. The Hall–Kier alpha value is -2.37. The van der Waals surface area contributed by atoms with Gasteiger partial charge >= 0.3 is 0 Å². The van der Waals surface area contributed by atoms with E-state index in [2.05, 4.69) is 15.6 Å². The largest absolute Gasteiger partial charge is 0.381 e. The summed E-state index contributed by atoms with van der Waals surface area (Å²) in [5, 5.41) is 9.33. The third-order valence-corrected chi connectivity index (χ3v) is 4.67. The molecule has 0 fully saturated rings. The van der Waals surface area contributed by atoms with Gasteiger partial charge in [-0.25, -0.2) is 4.98 Å². The fraction of sp³-hybridized carbons (Fsp3) is 0.111. The lowest BCUT2D eigenvalue weighted by atomic mass is 10.2. The molecule has 1 heterocycles. The molecule has 0 saturated heterocycles. The Morgan fingerprint density at radius 1 is 1.17 bits per heavy atom. The number of hydrogen-bond acceptors (Lipinski definition) is 4. The number of anilines is 2. The fourth-order valence-corrected chi connectivity index (χ4v) is 3.04. The lowest BCUT2D eigenvalue weighted by molar-refractivity contribution is 0.102. The third kappa shape index (κ3) is 4.13. The molecule has 1 aromatic heterocycles. The quantitative estimate of drug-likeness (QED) is 0.677. The summed E-state index contributed by atoms with van der Waals surface area (Å²) >= 11 is 7.55. The van der Waals surface area contributed by atoms with Crippen molar-refractivity contribution in [1.82, 2.24) is 4.98 Å². The maximum atomic E-state index is 12.2. The Bertz CT molecular complexity index is 845. The van der Waals surface area contributed by atoms with E-state index in [1.165, 1.54) is 11.3 Å². The minimum atomic E-state index is -0.165. The highest BCUT2D eigenvalue weighted by Gasteiger charge is 2.08. The number of halogens is 1. The number of rotatable bonds is 5. The minimum Gasteiger partial charge on any atom is -0.381 e. The summed E-state index contributed by atoms with van der Waals surface area (Å²) in [5.41, 5.74) is 3.44. The molecule has 1 amide bonds. The number of aryl methyl sites for hydroxylation is 1. The Kier molecular flexibility index (Phi) is 5.13. The summed E-state index contributed by atoms with van der Waals surface area (Å²) in [4.78, 5) is 16.4. The van der Waals surface area contributed by atoms with Crippen molar-refractivity contribution in [2.24, 2.45) is 0 Å². The van der Waals surface area contributed by atoms with Crippen molar-refractivity contribution in [3.05, 3.63) is 75.8 Å². The molecule has 0 aliphatic rings. The number of carbonyl (C=O) groups excluding carboxylic acids is 1. The molecule has 0 spiro atoms. The van der Waals surface area contributed by atoms with Crippen molar-refractivity contribution in [2.45, 2.75) is 13.5 Å². The zero-order chi connectivity index (χ0) is 16.9. The number of nitrogens with one attached hydrogen (secondary N) is 2. The van der Waals surface area contributed by atoms with Crippen LogP contribution in [0.1, 0.15) is 21.6 Å². The third-order valence-electron chi connectivity index (χ3n) is 3.43. The van der Waals surface area contributed by atoms with Gasteiger partial charge in [-0.05, 0) is 42.8 Å². The minimum absolute atomic E-state index is 0.165. The van der Waals surface area contributed by atoms with Crippen LogP contribution in [0.3, 0.4) is 0 Å². The zero-order valence-electron chi connectivity index (χ0n) is 13.0. The maximum absolute atomic E-state index is 12.2. The number of thiazole rings is 1. The summed E-state index contributed by atoms with van der Waals surface area (Å²) in [5.74, 6) is -0.165. The first-order chi connectivity index (χ1) is 11.6. The molecule has 0 saturated carbocycles. The van der Waals surface area contributed by atoms with Crippen LogP contribution < -0.4 is 10.6 Å². The highest BCUT2D eigenvalue weighted by molar-refractivity contribution is 7.13.